The van der Waals surface area contributed by atoms with Crippen molar-refractivity contribution in [1.82, 2.24) is 15.3 Å². The Balaban J connectivity index is 2.16. The average Bonchev–Trinajstić information content (AvgIpc) is 2.94. The number of thiol groups is 1. The van der Waals surface area contributed by atoms with Crippen molar-refractivity contribution in [2.24, 2.45) is 0 Å². The number of imidazole rings is 1. The van der Waals surface area contributed by atoms with Gasteiger partial charge >= 0.3 is 6.18 Å². The molecule has 8 heteroatoms. The molecule has 21 heavy (non-hydrogen) atoms. The second-order valence-electron chi connectivity index (χ2n) is 4.20. The van der Waals surface area contributed by atoms with Gasteiger partial charge in [-0.3, -0.25) is 4.79 Å². The molecule has 1 heterocycles. The Morgan fingerprint density at radius 2 is 1.95 bits per heavy atom. The van der Waals surface area contributed by atoms with Crippen molar-refractivity contribution in [2.75, 3.05) is 12.3 Å². The largest absolute Gasteiger partial charge is 0.416 e. The van der Waals surface area contributed by atoms with Crippen LogP contribution in [0.2, 0.25) is 0 Å². The number of halogens is 3. The second-order valence-corrected chi connectivity index (χ2v) is 4.65. The van der Waals surface area contributed by atoms with Crippen LogP contribution >= 0.6 is 12.6 Å². The predicted octanol–water partition coefficient (Wildman–Crippen LogP) is 2.76. The van der Waals surface area contributed by atoms with Crippen molar-refractivity contribution in [3.8, 4) is 11.4 Å². The highest BCUT2D eigenvalue weighted by Crippen LogP contribution is 2.30. The number of carbonyl (C=O) groups excluding carboxylic acids is 1. The minimum absolute atomic E-state index is 0.242. The summed E-state index contributed by atoms with van der Waals surface area (Å²) in [5.74, 6) is 0.500. The smallest absolute Gasteiger partial charge is 0.350 e. The van der Waals surface area contributed by atoms with E-state index in [0.29, 0.717) is 23.7 Å². The molecular weight excluding hydrogens is 303 g/mol. The van der Waals surface area contributed by atoms with Crippen molar-refractivity contribution >= 4 is 18.5 Å². The lowest BCUT2D eigenvalue weighted by Crippen LogP contribution is -2.25. The molecule has 0 aliphatic heterocycles. The van der Waals surface area contributed by atoms with Gasteiger partial charge in [0.15, 0.2) is 0 Å². The molecule has 2 N–H and O–H groups in total. The molecule has 0 saturated heterocycles. The molecular formula is C13H12F3N3OS. The zero-order valence-corrected chi connectivity index (χ0v) is 11.6. The molecule has 0 aliphatic rings. The van der Waals surface area contributed by atoms with Gasteiger partial charge in [-0.2, -0.15) is 25.8 Å². The van der Waals surface area contributed by atoms with Crippen molar-refractivity contribution in [3.63, 3.8) is 0 Å². The fraction of sp³-hybridized carbons (Fsp3) is 0.231. The molecule has 0 aliphatic carbocycles. The highest BCUT2D eigenvalue weighted by atomic mass is 32.1. The molecule has 0 saturated carbocycles. The van der Waals surface area contributed by atoms with E-state index in [4.69, 9.17) is 0 Å². The summed E-state index contributed by atoms with van der Waals surface area (Å²) in [5, 5.41) is 2.61. The number of hydrogen-bond acceptors (Lipinski definition) is 3. The number of nitrogens with one attached hydrogen (secondary N) is 2. The van der Waals surface area contributed by atoms with Crippen LogP contribution in [0.5, 0.6) is 0 Å². The van der Waals surface area contributed by atoms with Crippen LogP contribution in [0.15, 0.2) is 30.5 Å². The van der Waals surface area contributed by atoms with Crippen LogP contribution in [-0.4, -0.2) is 28.2 Å². The second kappa shape index (κ2) is 6.21. The molecule has 1 aromatic heterocycles. The van der Waals surface area contributed by atoms with Crippen molar-refractivity contribution in [2.45, 2.75) is 6.18 Å². The van der Waals surface area contributed by atoms with Crippen LogP contribution in [0.4, 0.5) is 13.2 Å². The van der Waals surface area contributed by atoms with Crippen molar-refractivity contribution in [1.29, 1.82) is 0 Å². The monoisotopic (exact) mass is 315 g/mol. The first-order valence-corrected chi connectivity index (χ1v) is 6.67. The number of aromatic amines is 1. The quantitative estimate of drug-likeness (QED) is 0.760. The van der Waals surface area contributed by atoms with Crippen LogP contribution in [0.25, 0.3) is 11.4 Å². The minimum Gasteiger partial charge on any atom is -0.350 e. The standard InChI is InChI=1S/C13H12F3N3OS/c14-13(15,16)9-3-1-8(2-4-9)11-18-7-10(19-11)12(20)17-5-6-21/h1-4,7,21H,5-6H2,(H,17,20)(H,18,19). The van der Waals surface area contributed by atoms with E-state index in [1.165, 1.54) is 18.3 Å². The van der Waals surface area contributed by atoms with Crippen LogP contribution in [0.1, 0.15) is 16.1 Å². The summed E-state index contributed by atoms with van der Waals surface area (Å²) in [7, 11) is 0. The molecule has 112 valence electrons. The Morgan fingerprint density at radius 3 is 2.52 bits per heavy atom. The summed E-state index contributed by atoms with van der Waals surface area (Å²) in [5.41, 5.74) is -0.0209. The lowest BCUT2D eigenvalue weighted by Gasteiger charge is -2.06. The number of nitrogens with zero attached hydrogens (tertiary/aromatic N) is 1. The zero-order chi connectivity index (χ0) is 15.5. The number of carbonyl (C=O) groups is 1. The Bertz CT molecular complexity index is 622. The molecule has 0 fully saturated rings. The lowest BCUT2D eigenvalue weighted by atomic mass is 10.1. The van der Waals surface area contributed by atoms with Crippen LogP contribution in [0, 0.1) is 0 Å². The minimum atomic E-state index is -4.38. The first-order chi connectivity index (χ1) is 9.91. The normalized spacial score (nSPS) is 11.4. The van der Waals surface area contributed by atoms with E-state index in [2.05, 4.69) is 27.9 Å². The molecule has 0 radical (unpaired) electrons. The van der Waals surface area contributed by atoms with E-state index in [0.717, 1.165) is 12.1 Å². The molecule has 0 bridgehead atoms. The summed E-state index contributed by atoms with van der Waals surface area (Å²) >= 11 is 3.97. The fourth-order valence-electron chi connectivity index (χ4n) is 1.67. The van der Waals surface area contributed by atoms with Crippen LogP contribution in [-0.2, 0) is 6.18 Å². The van der Waals surface area contributed by atoms with Gasteiger partial charge in [-0.05, 0) is 12.1 Å². The summed E-state index contributed by atoms with van der Waals surface area (Å²) in [4.78, 5) is 18.4. The molecule has 4 nitrogen and oxygen atoms in total. The molecule has 2 aromatic rings. The highest BCUT2D eigenvalue weighted by Gasteiger charge is 2.30. The third kappa shape index (κ3) is 3.78. The number of rotatable bonds is 4. The van der Waals surface area contributed by atoms with E-state index in [-0.39, 0.29) is 11.6 Å². The Labute approximate surface area is 124 Å². The average molecular weight is 315 g/mol. The number of aromatic nitrogens is 2. The summed E-state index contributed by atoms with van der Waals surface area (Å²) in [6, 6.07) is 4.55. The Hall–Kier alpha value is -1.96. The number of alkyl halides is 3. The van der Waals surface area contributed by atoms with Gasteiger partial charge in [-0.25, -0.2) is 4.98 Å². The maximum absolute atomic E-state index is 12.5. The highest BCUT2D eigenvalue weighted by molar-refractivity contribution is 7.80. The van der Waals surface area contributed by atoms with Gasteiger partial charge in [0.2, 0.25) is 0 Å². The molecule has 1 amide bonds. The van der Waals surface area contributed by atoms with Gasteiger partial charge in [0, 0.05) is 17.9 Å². The van der Waals surface area contributed by atoms with E-state index in [9.17, 15) is 18.0 Å². The zero-order valence-electron chi connectivity index (χ0n) is 10.7. The van der Waals surface area contributed by atoms with Gasteiger partial charge in [0.05, 0.1) is 11.8 Å². The van der Waals surface area contributed by atoms with Gasteiger partial charge in [-0.15, -0.1) is 0 Å². The van der Waals surface area contributed by atoms with Crippen LogP contribution < -0.4 is 5.32 Å². The summed E-state index contributed by atoms with van der Waals surface area (Å²) in [6.07, 6.45) is -3.04. The van der Waals surface area contributed by atoms with Crippen molar-refractivity contribution < 1.29 is 18.0 Å². The fourth-order valence-corrected chi connectivity index (χ4v) is 1.78. The van der Waals surface area contributed by atoms with Gasteiger partial charge in [0.1, 0.15) is 11.5 Å². The first kappa shape index (κ1) is 15.4. The Morgan fingerprint density at radius 1 is 1.29 bits per heavy atom. The van der Waals surface area contributed by atoms with Gasteiger partial charge in [0.25, 0.3) is 5.91 Å². The van der Waals surface area contributed by atoms with Gasteiger partial charge in [-0.1, -0.05) is 12.1 Å². The van der Waals surface area contributed by atoms with E-state index >= 15 is 0 Å². The van der Waals surface area contributed by atoms with Crippen molar-refractivity contribution in [3.05, 3.63) is 41.7 Å². The van der Waals surface area contributed by atoms with Crippen LogP contribution in [0.3, 0.4) is 0 Å². The summed E-state index contributed by atoms with van der Waals surface area (Å²) < 4.78 is 37.4. The molecule has 1 aromatic carbocycles. The topological polar surface area (TPSA) is 57.8 Å². The molecule has 0 unspecified atom stereocenters. The van der Waals surface area contributed by atoms with E-state index in [1.54, 1.807) is 0 Å². The third-order valence-corrected chi connectivity index (χ3v) is 2.93. The molecule has 0 atom stereocenters. The number of hydrogen-bond donors (Lipinski definition) is 3. The maximum atomic E-state index is 12.5. The van der Waals surface area contributed by atoms with E-state index in [1.807, 2.05) is 0 Å². The van der Waals surface area contributed by atoms with E-state index < -0.39 is 11.7 Å². The predicted molar refractivity (Wildman–Crippen MR) is 75.2 cm³/mol. The number of amides is 1. The number of benzene rings is 1. The maximum Gasteiger partial charge on any atom is 0.416 e. The first-order valence-electron chi connectivity index (χ1n) is 6.03. The third-order valence-electron chi connectivity index (χ3n) is 2.70. The SMILES string of the molecule is O=C(NCCS)c1cnc(-c2ccc(C(F)(F)F)cc2)[nH]1. The summed E-state index contributed by atoms with van der Waals surface area (Å²) in [6.45, 7) is 0.413. The molecule has 0 spiro atoms. The number of H-pyrrole nitrogens is 1. The molecule has 2 rings (SSSR count). The lowest BCUT2D eigenvalue weighted by molar-refractivity contribution is -0.137. The van der Waals surface area contributed by atoms with Gasteiger partial charge < -0.3 is 10.3 Å². The Kier molecular flexibility index (Phi) is 4.56.